The minimum Gasteiger partial charge on any atom is -0.744 e. The molecule has 0 saturated carbocycles. The Bertz CT molecular complexity index is 1160. The molecular formula is C15H6Cl2F6O6S2-2. The topological polar surface area (TPSA) is 114 Å². The Morgan fingerprint density at radius 3 is 1.19 bits per heavy atom. The van der Waals surface area contributed by atoms with Gasteiger partial charge in [0.15, 0.2) is 0 Å². The number of hydrogen-bond acceptors (Lipinski definition) is 6. The first-order valence-corrected chi connectivity index (χ1v) is 11.0. The summed E-state index contributed by atoms with van der Waals surface area (Å²) in [4.78, 5) is -2.70. The van der Waals surface area contributed by atoms with E-state index in [1.807, 2.05) is 0 Å². The molecule has 6 nitrogen and oxygen atoms in total. The van der Waals surface area contributed by atoms with Crippen molar-refractivity contribution in [3.05, 3.63) is 56.6 Å². The van der Waals surface area contributed by atoms with Crippen molar-refractivity contribution in [3.63, 3.8) is 0 Å². The lowest BCUT2D eigenvalue weighted by Crippen LogP contribution is -2.16. The zero-order chi connectivity index (χ0) is 24.2. The molecule has 2 aromatic rings. The Morgan fingerprint density at radius 1 is 0.677 bits per heavy atom. The maximum Gasteiger partial charge on any atom is 0.416 e. The van der Waals surface area contributed by atoms with Gasteiger partial charge >= 0.3 is 12.4 Å². The number of rotatable bonds is 4. The van der Waals surface area contributed by atoms with Gasteiger partial charge in [-0.1, -0.05) is 23.2 Å². The Balaban J connectivity index is 2.96. The lowest BCUT2D eigenvalue weighted by Gasteiger charge is -2.22. The van der Waals surface area contributed by atoms with E-state index in [0.717, 1.165) is 0 Å². The van der Waals surface area contributed by atoms with Gasteiger partial charge in [-0.05, 0) is 35.4 Å². The second-order valence-corrected chi connectivity index (χ2v) is 9.34. The van der Waals surface area contributed by atoms with Crippen molar-refractivity contribution >= 4 is 43.4 Å². The SMILES string of the molecule is O=S(=O)([O-])c1ccc(C(F)(F)F)c(Cc2c(C(F)(F)F)ccc(S(=O)(=O)[O-])c2Cl)c1Cl. The van der Waals surface area contributed by atoms with Gasteiger partial charge in [-0.25, -0.2) is 16.8 Å². The normalized spacial score (nSPS) is 13.5. The van der Waals surface area contributed by atoms with Crippen LogP contribution in [-0.2, 0) is 39.0 Å². The smallest absolute Gasteiger partial charge is 0.416 e. The monoisotopic (exact) mass is 530 g/mol. The highest BCUT2D eigenvalue weighted by Crippen LogP contribution is 2.43. The number of alkyl halides is 6. The zero-order valence-electron chi connectivity index (χ0n) is 14.3. The van der Waals surface area contributed by atoms with Crippen LogP contribution in [-0.4, -0.2) is 25.9 Å². The molecule has 31 heavy (non-hydrogen) atoms. The molecule has 0 bridgehead atoms. The quantitative estimate of drug-likeness (QED) is 0.426. The molecule has 0 atom stereocenters. The van der Waals surface area contributed by atoms with Crippen molar-refractivity contribution in [2.75, 3.05) is 0 Å². The van der Waals surface area contributed by atoms with Crippen LogP contribution in [0.25, 0.3) is 0 Å². The summed E-state index contributed by atoms with van der Waals surface area (Å²) in [6, 6.07) is 0.673. The van der Waals surface area contributed by atoms with E-state index in [0.29, 0.717) is 0 Å². The van der Waals surface area contributed by atoms with Gasteiger partial charge in [-0.15, -0.1) is 0 Å². The first-order valence-electron chi connectivity index (χ1n) is 7.45. The van der Waals surface area contributed by atoms with Gasteiger partial charge in [0.2, 0.25) is 0 Å². The average molecular weight is 531 g/mol. The number of halogens is 8. The average Bonchev–Trinajstić information content (AvgIpc) is 2.53. The lowest BCUT2D eigenvalue weighted by atomic mass is 9.95. The molecule has 0 spiro atoms. The molecule has 0 heterocycles. The fourth-order valence-corrected chi connectivity index (χ4v) is 4.82. The summed E-state index contributed by atoms with van der Waals surface area (Å²) in [5.74, 6) is 0. The van der Waals surface area contributed by atoms with Crippen molar-refractivity contribution in [2.45, 2.75) is 28.6 Å². The van der Waals surface area contributed by atoms with E-state index in [4.69, 9.17) is 23.2 Å². The van der Waals surface area contributed by atoms with E-state index >= 15 is 0 Å². The Morgan fingerprint density at radius 2 is 0.968 bits per heavy atom. The summed E-state index contributed by atoms with van der Waals surface area (Å²) >= 11 is 11.2. The van der Waals surface area contributed by atoms with E-state index in [-0.39, 0.29) is 24.3 Å². The summed E-state index contributed by atoms with van der Waals surface area (Å²) in [5, 5.41) is -2.66. The van der Waals surface area contributed by atoms with Crippen LogP contribution in [0.3, 0.4) is 0 Å². The predicted molar refractivity (Wildman–Crippen MR) is 91.6 cm³/mol. The number of hydrogen-bond donors (Lipinski definition) is 0. The maximum atomic E-state index is 13.4. The molecule has 0 saturated heterocycles. The minimum atomic E-state index is -5.44. The van der Waals surface area contributed by atoms with Crippen LogP contribution in [0.15, 0.2) is 34.1 Å². The van der Waals surface area contributed by atoms with Crippen LogP contribution in [0, 0.1) is 0 Å². The highest BCUT2D eigenvalue weighted by Gasteiger charge is 2.39. The Kier molecular flexibility index (Phi) is 6.69. The Labute approximate surface area is 180 Å². The van der Waals surface area contributed by atoms with Crippen molar-refractivity contribution in [1.29, 1.82) is 0 Å². The van der Waals surface area contributed by atoms with Crippen LogP contribution in [0.1, 0.15) is 22.3 Å². The number of benzene rings is 2. The summed E-state index contributed by atoms with van der Waals surface area (Å²) in [6.07, 6.45) is -12.0. The van der Waals surface area contributed by atoms with Gasteiger partial charge in [-0.2, -0.15) is 26.3 Å². The van der Waals surface area contributed by atoms with Crippen LogP contribution < -0.4 is 0 Å². The zero-order valence-corrected chi connectivity index (χ0v) is 17.5. The van der Waals surface area contributed by atoms with E-state index in [1.165, 1.54) is 0 Å². The highest BCUT2D eigenvalue weighted by atomic mass is 35.5. The third-order valence-electron chi connectivity index (χ3n) is 3.92. The summed E-state index contributed by atoms with van der Waals surface area (Å²) in [5.41, 5.74) is -5.99. The minimum absolute atomic E-state index is 0.112. The fourth-order valence-electron chi connectivity index (χ4n) is 2.64. The van der Waals surface area contributed by atoms with Crippen molar-refractivity contribution in [3.8, 4) is 0 Å². The summed E-state index contributed by atoms with van der Waals surface area (Å²) in [7, 11) is -10.9. The molecule has 0 radical (unpaired) electrons. The van der Waals surface area contributed by atoms with Crippen molar-refractivity contribution in [2.24, 2.45) is 0 Å². The molecular weight excluding hydrogens is 525 g/mol. The second kappa shape index (κ2) is 8.08. The van der Waals surface area contributed by atoms with Gasteiger partial charge in [-0.3, -0.25) is 0 Å². The fraction of sp³-hybridized carbons (Fsp3) is 0.200. The van der Waals surface area contributed by atoms with Crippen LogP contribution in [0.2, 0.25) is 10.0 Å². The molecule has 0 amide bonds. The molecule has 172 valence electrons. The van der Waals surface area contributed by atoms with E-state index < -0.39 is 81.1 Å². The molecule has 2 aromatic carbocycles. The van der Waals surface area contributed by atoms with Crippen molar-refractivity contribution in [1.82, 2.24) is 0 Å². The van der Waals surface area contributed by atoms with Gasteiger partial charge in [0.25, 0.3) is 0 Å². The molecule has 0 aliphatic rings. The van der Waals surface area contributed by atoms with Crippen LogP contribution >= 0.6 is 23.2 Å². The maximum absolute atomic E-state index is 13.4. The summed E-state index contributed by atoms with van der Waals surface area (Å²) < 4.78 is 148. The van der Waals surface area contributed by atoms with E-state index in [9.17, 15) is 52.3 Å². The van der Waals surface area contributed by atoms with E-state index in [2.05, 4.69) is 0 Å². The lowest BCUT2D eigenvalue weighted by molar-refractivity contribution is -0.138. The second-order valence-electron chi connectivity index (χ2n) is 5.89. The van der Waals surface area contributed by atoms with Gasteiger partial charge < -0.3 is 9.11 Å². The molecule has 2 rings (SSSR count). The highest BCUT2D eigenvalue weighted by molar-refractivity contribution is 7.86. The first kappa shape index (κ1) is 25.7. The van der Waals surface area contributed by atoms with Crippen molar-refractivity contribution < 1.29 is 52.3 Å². The molecule has 16 heteroatoms. The van der Waals surface area contributed by atoms with Crippen LogP contribution in [0.5, 0.6) is 0 Å². The molecule has 0 aliphatic carbocycles. The standard InChI is InChI=1S/C15H8Cl2F6O6S2/c16-12-6(8(14(18,19)20)1-3-10(12)30(24,25)26)5-7-9(15(21,22)23)2-4-11(13(7)17)31(27,28)29/h1-4H,5H2,(H,24,25,26)(H,27,28,29)/p-2. The summed E-state index contributed by atoms with van der Waals surface area (Å²) in [6.45, 7) is 0. The first-order chi connectivity index (χ1) is 13.8. The molecule has 0 N–H and O–H groups in total. The van der Waals surface area contributed by atoms with Gasteiger partial charge in [0, 0.05) is 6.42 Å². The largest absolute Gasteiger partial charge is 0.744 e. The predicted octanol–water partition coefficient (Wildman–Crippen LogP) is 4.43. The third-order valence-corrected chi connectivity index (χ3v) is 6.76. The third kappa shape index (κ3) is 5.43. The molecule has 0 unspecified atom stereocenters. The molecule has 0 fully saturated rings. The molecule has 0 aliphatic heterocycles. The van der Waals surface area contributed by atoms with Gasteiger partial charge in [0.05, 0.1) is 31.0 Å². The van der Waals surface area contributed by atoms with Crippen LogP contribution in [0.4, 0.5) is 26.3 Å². The van der Waals surface area contributed by atoms with Gasteiger partial charge in [0.1, 0.15) is 20.2 Å². The molecule has 0 aromatic heterocycles. The van der Waals surface area contributed by atoms with E-state index in [1.54, 1.807) is 0 Å². The Hall–Kier alpha value is -1.58.